The average molecular weight is 133 g/mol. The maximum atomic E-state index is 8.51. The molecule has 4 heteroatoms. The summed E-state index contributed by atoms with van der Waals surface area (Å²) in [7, 11) is -0.801. The molecule has 48 valence electrons. The first-order valence-corrected chi connectivity index (χ1v) is 3.98. The highest BCUT2D eigenvalue weighted by molar-refractivity contribution is 6.50. The third kappa shape index (κ3) is 2.92. The molecule has 8 heavy (non-hydrogen) atoms. The molecular formula is C4H11NO2Si. The lowest BCUT2D eigenvalue weighted by Crippen LogP contribution is -2.23. The Labute approximate surface area is 50.5 Å². The predicted molar refractivity (Wildman–Crippen MR) is 34.7 cm³/mol. The van der Waals surface area contributed by atoms with Gasteiger partial charge in [0.05, 0.1) is 0 Å². The van der Waals surface area contributed by atoms with Crippen LogP contribution in [0, 0.1) is 0 Å². The lowest BCUT2D eigenvalue weighted by Gasteiger charge is -2.01. The van der Waals surface area contributed by atoms with E-state index in [4.69, 9.17) is 9.59 Å². The maximum Gasteiger partial charge on any atom is 0.347 e. The summed E-state index contributed by atoms with van der Waals surface area (Å²) in [5.41, 5.74) is 0. The fraction of sp³-hybridized carbons (Fsp3) is 0.500. The molecule has 0 saturated carbocycles. The number of hydrogen-bond acceptors (Lipinski definition) is 3. The number of nitrogens with one attached hydrogen (secondary N) is 1. The molecule has 0 aliphatic heterocycles. The summed E-state index contributed by atoms with van der Waals surface area (Å²) in [4.78, 5) is 17.0. The van der Waals surface area contributed by atoms with E-state index in [0.29, 0.717) is 11.7 Å². The van der Waals surface area contributed by atoms with Crippen LogP contribution in [0.15, 0.2) is 11.8 Å². The molecule has 0 rings (SSSR count). The minimum Gasteiger partial charge on any atom is -0.410 e. The molecule has 3 nitrogen and oxygen atoms in total. The molecule has 0 heterocycles. The Hall–Kier alpha value is -0.163. The minimum absolute atomic E-state index is 0.504. The first kappa shape index (κ1) is 7.84. The Morgan fingerprint density at radius 3 is 2.38 bits per heavy atom. The molecule has 0 aromatic carbocycles. The summed E-state index contributed by atoms with van der Waals surface area (Å²) in [6.45, 7) is 3.95. The Morgan fingerprint density at radius 2 is 2.25 bits per heavy atom. The van der Waals surface area contributed by atoms with Crippen LogP contribution in [0.3, 0.4) is 0 Å². The topological polar surface area (TPSA) is 52.5 Å². The van der Waals surface area contributed by atoms with Gasteiger partial charge in [-0.2, -0.15) is 0 Å². The zero-order chi connectivity index (χ0) is 6.57. The van der Waals surface area contributed by atoms with Gasteiger partial charge in [-0.1, -0.05) is 6.58 Å². The van der Waals surface area contributed by atoms with Gasteiger partial charge >= 0.3 is 9.28 Å². The third-order valence-corrected chi connectivity index (χ3v) is 1.70. The molecule has 0 aliphatic carbocycles. The molecular weight excluding hydrogens is 122 g/mol. The summed E-state index contributed by atoms with van der Waals surface area (Å²) in [6, 6.07) is 0. The van der Waals surface area contributed by atoms with E-state index in [1.165, 1.54) is 0 Å². The van der Waals surface area contributed by atoms with Crippen molar-refractivity contribution in [3.63, 3.8) is 0 Å². The molecule has 0 radical (unpaired) electrons. The van der Waals surface area contributed by atoms with Gasteiger partial charge in [-0.05, 0) is 12.2 Å². The molecule has 0 amide bonds. The van der Waals surface area contributed by atoms with E-state index in [0.717, 1.165) is 0 Å². The molecule has 0 aliphatic rings. The van der Waals surface area contributed by atoms with Crippen LogP contribution in [-0.2, 0) is 0 Å². The zero-order valence-electron chi connectivity index (χ0n) is 4.89. The minimum atomic E-state index is -2.54. The van der Waals surface area contributed by atoms with E-state index in [2.05, 4.69) is 11.9 Å². The number of rotatable bonds is 3. The monoisotopic (exact) mass is 133 g/mol. The SMILES string of the molecule is C=C(CNC)[SiH](O)O. The molecule has 0 atom stereocenters. The Balaban J connectivity index is 3.33. The standard InChI is InChI=1S/C4H11NO2Si/c1-4(3-5-2)8(6)7/h5-8H,1,3H2,2H3. The Bertz CT molecular complexity index is 84.1. The van der Waals surface area contributed by atoms with Crippen molar-refractivity contribution in [3.8, 4) is 0 Å². The molecule has 0 saturated heterocycles. The van der Waals surface area contributed by atoms with Crippen LogP contribution in [0.2, 0.25) is 0 Å². The predicted octanol–water partition coefficient (Wildman–Crippen LogP) is -1.49. The zero-order valence-corrected chi connectivity index (χ0v) is 6.04. The second kappa shape index (κ2) is 3.79. The highest BCUT2D eigenvalue weighted by Gasteiger charge is 2.04. The summed E-state index contributed by atoms with van der Waals surface area (Å²) < 4.78 is 0. The smallest absolute Gasteiger partial charge is 0.347 e. The number of likely N-dealkylation sites (N-methyl/N-ethyl adjacent to an activating group) is 1. The van der Waals surface area contributed by atoms with Crippen LogP contribution in [0.4, 0.5) is 0 Å². The van der Waals surface area contributed by atoms with Gasteiger partial charge < -0.3 is 14.9 Å². The summed E-state index contributed by atoms with van der Waals surface area (Å²) in [5.74, 6) is 0. The van der Waals surface area contributed by atoms with Crippen LogP contribution in [-0.4, -0.2) is 32.5 Å². The van der Waals surface area contributed by atoms with E-state index in [1.807, 2.05) is 0 Å². The largest absolute Gasteiger partial charge is 0.410 e. The van der Waals surface area contributed by atoms with Gasteiger partial charge in [-0.3, -0.25) is 0 Å². The maximum absolute atomic E-state index is 8.51. The van der Waals surface area contributed by atoms with Crippen LogP contribution < -0.4 is 5.32 Å². The number of hydrogen-bond donors (Lipinski definition) is 3. The van der Waals surface area contributed by atoms with Crippen molar-refractivity contribution >= 4 is 9.28 Å². The third-order valence-electron chi connectivity index (χ3n) is 0.769. The fourth-order valence-corrected chi connectivity index (χ4v) is 0.705. The first-order valence-electron chi connectivity index (χ1n) is 2.37. The molecule has 0 fully saturated rings. The van der Waals surface area contributed by atoms with E-state index in [-0.39, 0.29) is 0 Å². The second-order valence-electron chi connectivity index (χ2n) is 1.56. The van der Waals surface area contributed by atoms with Crippen LogP contribution in [0.5, 0.6) is 0 Å². The van der Waals surface area contributed by atoms with Gasteiger partial charge in [0.1, 0.15) is 0 Å². The average Bonchev–Trinajstić information content (AvgIpc) is 1.67. The van der Waals surface area contributed by atoms with Crippen molar-refractivity contribution in [3.05, 3.63) is 11.8 Å². The second-order valence-corrected chi connectivity index (χ2v) is 3.13. The summed E-state index contributed by atoms with van der Waals surface area (Å²) in [6.07, 6.45) is 0. The molecule has 3 N–H and O–H groups in total. The van der Waals surface area contributed by atoms with Crippen molar-refractivity contribution in [2.45, 2.75) is 0 Å². The van der Waals surface area contributed by atoms with E-state index in [1.54, 1.807) is 7.05 Å². The van der Waals surface area contributed by atoms with Crippen molar-refractivity contribution in [2.24, 2.45) is 0 Å². The van der Waals surface area contributed by atoms with Gasteiger partial charge in [0.15, 0.2) is 0 Å². The summed E-state index contributed by atoms with van der Waals surface area (Å²) in [5, 5.41) is 3.28. The van der Waals surface area contributed by atoms with E-state index in [9.17, 15) is 0 Å². The lowest BCUT2D eigenvalue weighted by molar-refractivity contribution is 0.417. The van der Waals surface area contributed by atoms with Gasteiger partial charge in [0, 0.05) is 6.54 Å². The first-order chi connectivity index (χ1) is 3.68. The molecule has 0 spiro atoms. The quantitative estimate of drug-likeness (QED) is 0.411. The highest BCUT2D eigenvalue weighted by atomic mass is 28.3. The Kier molecular flexibility index (Phi) is 3.72. The highest BCUT2D eigenvalue weighted by Crippen LogP contribution is 1.86. The molecule has 0 bridgehead atoms. The van der Waals surface area contributed by atoms with Crippen LogP contribution >= 0.6 is 0 Å². The van der Waals surface area contributed by atoms with Gasteiger partial charge in [0.2, 0.25) is 0 Å². The lowest BCUT2D eigenvalue weighted by atomic mass is 10.6. The fourth-order valence-electron chi connectivity index (χ4n) is 0.318. The Morgan fingerprint density at radius 1 is 1.75 bits per heavy atom. The van der Waals surface area contributed by atoms with Crippen LogP contribution in [0.25, 0.3) is 0 Å². The van der Waals surface area contributed by atoms with E-state index < -0.39 is 9.28 Å². The van der Waals surface area contributed by atoms with E-state index >= 15 is 0 Å². The van der Waals surface area contributed by atoms with Gasteiger partial charge in [-0.25, -0.2) is 0 Å². The van der Waals surface area contributed by atoms with Gasteiger partial charge in [0.25, 0.3) is 0 Å². The van der Waals surface area contributed by atoms with Crippen LogP contribution in [0.1, 0.15) is 0 Å². The van der Waals surface area contributed by atoms with Crippen molar-refractivity contribution in [1.29, 1.82) is 0 Å². The van der Waals surface area contributed by atoms with Crippen molar-refractivity contribution in [1.82, 2.24) is 5.32 Å². The van der Waals surface area contributed by atoms with Crippen molar-refractivity contribution < 1.29 is 9.59 Å². The van der Waals surface area contributed by atoms with Gasteiger partial charge in [-0.15, -0.1) is 0 Å². The molecule has 0 aromatic rings. The molecule has 0 aromatic heterocycles. The summed E-state index contributed by atoms with van der Waals surface area (Å²) >= 11 is 0. The normalized spacial score (nSPS) is 10.0. The molecule has 0 unspecified atom stereocenters. The van der Waals surface area contributed by atoms with Crippen molar-refractivity contribution in [2.75, 3.05) is 13.6 Å².